The second kappa shape index (κ2) is 6.92. The van der Waals surface area contributed by atoms with Crippen molar-refractivity contribution in [3.8, 4) is 17.3 Å². The molecule has 3 heteroatoms. The summed E-state index contributed by atoms with van der Waals surface area (Å²) in [6.45, 7) is 1.89. The number of hydrogen-bond donors (Lipinski definition) is 0. The maximum Gasteiger partial charge on any atom is 0.146 e. The first kappa shape index (κ1) is 16.1. The van der Waals surface area contributed by atoms with Crippen LogP contribution in [0.3, 0.4) is 0 Å². The molecule has 0 radical (unpaired) electrons. The summed E-state index contributed by atoms with van der Waals surface area (Å²) in [7, 11) is 0. The lowest BCUT2D eigenvalue weighted by Crippen LogP contribution is -1.97. The van der Waals surface area contributed by atoms with Gasteiger partial charge in [-0.15, -0.1) is 0 Å². The summed E-state index contributed by atoms with van der Waals surface area (Å²) >= 11 is 0. The molecule has 2 heterocycles. The summed E-state index contributed by atoms with van der Waals surface area (Å²) in [5.74, 6) is -0.918. The van der Waals surface area contributed by atoms with E-state index in [0.29, 0.717) is 11.1 Å². The topological polar surface area (TPSA) is 49.8 Å². The van der Waals surface area contributed by atoms with Gasteiger partial charge < -0.3 is 4.42 Å². The largest absolute Gasteiger partial charge is 0.455 e. The fraction of sp³-hybridized carbons (Fsp3) is 0.0769. The third-order valence-corrected chi connectivity index (χ3v) is 5.32. The minimum absolute atomic E-state index is 0.574. The molecule has 3 nitrogen and oxygen atoms in total. The van der Waals surface area contributed by atoms with Gasteiger partial charge in [0.1, 0.15) is 11.2 Å². The molecule has 0 bridgehead atoms. The number of aromatic nitrogens is 1. The lowest BCUT2D eigenvalue weighted by atomic mass is 9.92. The maximum absolute atomic E-state index is 9.62. The average molecular weight is 375 g/mol. The molecule has 0 amide bonds. The van der Waals surface area contributed by atoms with E-state index < -0.39 is 5.89 Å². The van der Waals surface area contributed by atoms with Gasteiger partial charge in [0.15, 0.2) is 0 Å². The normalized spacial score (nSPS) is 13.7. The monoisotopic (exact) mass is 375 g/mol. The van der Waals surface area contributed by atoms with E-state index in [9.17, 15) is 5.26 Å². The molecule has 0 fully saturated rings. The molecule has 0 aliphatic rings. The maximum atomic E-state index is 9.62. The second-order valence-electron chi connectivity index (χ2n) is 7.00. The van der Waals surface area contributed by atoms with Crippen LogP contribution in [0.4, 0.5) is 0 Å². The van der Waals surface area contributed by atoms with E-state index in [2.05, 4.69) is 11.1 Å². The highest BCUT2D eigenvalue weighted by atomic mass is 16.3. The van der Waals surface area contributed by atoms with Crippen LogP contribution in [0.1, 0.15) is 30.9 Å². The van der Waals surface area contributed by atoms with E-state index in [4.69, 9.17) is 5.79 Å². The third-order valence-electron chi connectivity index (χ3n) is 5.32. The van der Waals surface area contributed by atoms with Crippen molar-refractivity contribution < 1.29 is 5.79 Å². The van der Waals surface area contributed by atoms with Gasteiger partial charge in [-0.2, -0.15) is 5.26 Å². The number of nitriles is 1. The van der Waals surface area contributed by atoms with Crippen molar-refractivity contribution in [1.29, 1.82) is 5.26 Å². The summed E-state index contributed by atoms with van der Waals surface area (Å²) in [5, 5.41) is 11.3. The number of pyridine rings is 1. The molecule has 1 atom stereocenters. The quantitative estimate of drug-likeness (QED) is 0.354. The van der Waals surface area contributed by atoms with E-state index in [-0.39, 0.29) is 0 Å². The minimum atomic E-state index is -0.918. The van der Waals surface area contributed by atoms with Crippen LogP contribution in [-0.2, 0) is 0 Å². The van der Waals surface area contributed by atoms with Crippen LogP contribution in [0.25, 0.3) is 33.2 Å². The number of para-hydroxylation sites is 1. The van der Waals surface area contributed by atoms with Crippen molar-refractivity contribution in [1.82, 2.24) is 4.98 Å². The third kappa shape index (κ3) is 2.86. The molecule has 1 unspecified atom stereocenters. The molecule has 5 rings (SSSR count). The summed E-state index contributed by atoms with van der Waals surface area (Å²) in [6.07, 6.45) is 1.73. The van der Waals surface area contributed by atoms with Crippen molar-refractivity contribution in [2.24, 2.45) is 0 Å². The van der Waals surface area contributed by atoms with Crippen LogP contribution >= 0.6 is 0 Å². The van der Waals surface area contributed by atoms with Crippen LogP contribution in [0, 0.1) is 11.3 Å². The van der Waals surface area contributed by atoms with Crippen molar-refractivity contribution in [2.45, 2.75) is 12.8 Å². The highest BCUT2D eigenvalue weighted by Gasteiger charge is 2.17. The molecule has 0 N–H and O–H groups in total. The lowest BCUT2D eigenvalue weighted by molar-refractivity contribution is 0.669. The smallest absolute Gasteiger partial charge is 0.146 e. The highest BCUT2D eigenvalue weighted by Crippen LogP contribution is 2.38. The fourth-order valence-corrected chi connectivity index (χ4v) is 3.79. The Bertz CT molecular complexity index is 1430. The van der Waals surface area contributed by atoms with Crippen LogP contribution in [0.5, 0.6) is 0 Å². The molecular formula is C26H18N2O. The van der Waals surface area contributed by atoms with Crippen LogP contribution in [-0.4, -0.2) is 4.98 Å². The van der Waals surface area contributed by atoms with Crippen molar-refractivity contribution in [3.05, 3.63) is 102 Å². The molecule has 3 aromatic carbocycles. The zero-order chi connectivity index (χ0) is 20.7. The van der Waals surface area contributed by atoms with Crippen molar-refractivity contribution in [3.63, 3.8) is 0 Å². The molecule has 0 aliphatic heterocycles. The van der Waals surface area contributed by atoms with Gasteiger partial charge in [-0.3, -0.25) is 4.98 Å². The first-order chi connectivity index (χ1) is 14.6. The molecule has 0 spiro atoms. The summed E-state index contributed by atoms with van der Waals surface area (Å²) < 4.78 is 15.1. The SMILES string of the molecule is [2H]C(C)(c1ccccc1)c1ccnc(-c2ccc(C#N)c3c2oc2ccccc23)c1. The fourth-order valence-electron chi connectivity index (χ4n) is 3.79. The van der Waals surface area contributed by atoms with E-state index in [0.717, 1.165) is 38.7 Å². The standard InChI is InChI=1S/C26H18N2O/c1-17(18-7-3-2-4-8-18)19-13-14-28-23(15-19)21-12-11-20(16-27)25-22-9-5-6-10-24(22)29-26(21)25/h2-15,17H,1H3/i17D. The van der Waals surface area contributed by atoms with E-state index in [1.807, 2.05) is 85.8 Å². The number of benzene rings is 3. The van der Waals surface area contributed by atoms with Crippen molar-refractivity contribution in [2.75, 3.05) is 0 Å². The Labute approximate surface area is 170 Å². The predicted octanol–water partition coefficient (Wildman–Crippen LogP) is 6.67. The molecule has 0 saturated carbocycles. The highest BCUT2D eigenvalue weighted by molar-refractivity contribution is 6.11. The molecular weight excluding hydrogens is 356 g/mol. The number of fused-ring (bicyclic) bond motifs is 3. The number of furan rings is 1. The van der Waals surface area contributed by atoms with Crippen molar-refractivity contribution >= 4 is 21.9 Å². The predicted molar refractivity (Wildman–Crippen MR) is 116 cm³/mol. The Kier molecular flexibility index (Phi) is 3.84. The summed E-state index contributed by atoms with van der Waals surface area (Å²) in [6, 6.07) is 27.3. The lowest BCUT2D eigenvalue weighted by Gasteiger charge is -2.13. The van der Waals surface area contributed by atoms with Gasteiger partial charge in [-0.1, -0.05) is 55.5 Å². The first-order valence-corrected chi connectivity index (χ1v) is 9.46. The Morgan fingerprint density at radius 1 is 0.966 bits per heavy atom. The number of hydrogen-bond acceptors (Lipinski definition) is 3. The molecule has 29 heavy (non-hydrogen) atoms. The Balaban J connectivity index is 1.73. The van der Waals surface area contributed by atoms with E-state index in [1.165, 1.54) is 0 Å². The number of rotatable bonds is 3. The van der Waals surface area contributed by atoms with Crippen LogP contribution < -0.4 is 0 Å². The molecule has 2 aromatic heterocycles. The van der Waals surface area contributed by atoms with Gasteiger partial charge in [-0.25, -0.2) is 0 Å². The van der Waals surface area contributed by atoms with Gasteiger partial charge in [0.2, 0.25) is 0 Å². The van der Waals surface area contributed by atoms with Gasteiger partial charge in [0.05, 0.1) is 17.3 Å². The zero-order valence-corrected chi connectivity index (χ0v) is 15.9. The van der Waals surface area contributed by atoms with E-state index in [1.54, 1.807) is 6.20 Å². The minimum Gasteiger partial charge on any atom is -0.455 e. The van der Waals surface area contributed by atoms with Crippen LogP contribution in [0.15, 0.2) is 89.5 Å². The number of nitrogens with zero attached hydrogens (tertiary/aromatic N) is 2. The van der Waals surface area contributed by atoms with Crippen LogP contribution in [0.2, 0.25) is 0 Å². The van der Waals surface area contributed by atoms with Gasteiger partial charge in [0, 0.05) is 29.8 Å². The van der Waals surface area contributed by atoms with Gasteiger partial charge in [0.25, 0.3) is 0 Å². The zero-order valence-electron chi connectivity index (χ0n) is 16.9. The average Bonchev–Trinajstić information content (AvgIpc) is 3.19. The Hall–Kier alpha value is -3.90. The summed E-state index contributed by atoms with van der Waals surface area (Å²) in [5.41, 5.74) is 5.24. The molecule has 0 aliphatic carbocycles. The molecule has 0 saturated heterocycles. The molecule has 138 valence electrons. The second-order valence-corrected chi connectivity index (χ2v) is 7.00. The molecule has 5 aromatic rings. The van der Waals surface area contributed by atoms with E-state index >= 15 is 0 Å². The Morgan fingerprint density at radius 2 is 1.76 bits per heavy atom. The summed E-state index contributed by atoms with van der Waals surface area (Å²) in [4.78, 5) is 4.57. The van der Waals surface area contributed by atoms with Gasteiger partial charge in [-0.05, 0) is 41.5 Å². The van der Waals surface area contributed by atoms with Gasteiger partial charge >= 0.3 is 0 Å². The Morgan fingerprint density at radius 3 is 2.59 bits per heavy atom. The first-order valence-electron chi connectivity index (χ1n) is 9.96.